The van der Waals surface area contributed by atoms with Crippen molar-refractivity contribution in [1.82, 2.24) is 5.32 Å². The second-order valence-electron chi connectivity index (χ2n) is 4.89. The van der Waals surface area contributed by atoms with Crippen LogP contribution in [0.4, 0.5) is 0 Å². The van der Waals surface area contributed by atoms with E-state index < -0.39 is 0 Å². The van der Waals surface area contributed by atoms with Crippen molar-refractivity contribution < 1.29 is 9.59 Å². The van der Waals surface area contributed by atoms with Crippen LogP contribution in [0, 0.1) is 0 Å². The van der Waals surface area contributed by atoms with Gasteiger partial charge in [-0.25, -0.2) is 0 Å². The van der Waals surface area contributed by atoms with Crippen molar-refractivity contribution in [3.8, 4) is 0 Å². The number of nitrogens with one attached hydrogen (secondary N) is 1. The number of aryl methyl sites for hydroxylation is 1. The van der Waals surface area contributed by atoms with Gasteiger partial charge in [0.25, 0.3) is 11.8 Å². The van der Waals surface area contributed by atoms with Gasteiger partial charge in [0.2, 0.25) is 0 Å². The Labute approximate surface area is 111 Å². The number of carbonyl (C=O) groups excluding carboxylic acids is 2. The summed E-state index contributed by atoms with van der Waals surface area (Å²) in [6, 6.07) is 9.57. The van der Waals surface area contributed by atoms with E-state index >= 15 is 0 Å². The molecule has 0 radical (unpaired) electrons. The number of benzene rings is 2. The number of carbonyl (C=O) groups is 2. The monoisotopic (exact) mass is 253 g/mol. The number of rotatable bonds is 3. The molecule has 0 unspecified atom stereocenters. The zero-order valence-corrected chi connectivity index (χ0v) is 10.8. The normalized spacial score (nSPS) is 13.7. The third kappa shape index (κ3) is 1.82. The molecule has 0 fully saturated rings. The standard InChI is InChI=1S/C16H15NO2/c1-2-3-5-11-9-8-10-6-4-7-12-13(10)14(11)16(19)17-15(12)18/h4,6-9H,2-3,5H2,1H3,(H,17,18,19). The van der Waals surface area contributed by atoms with Crippen LogP contribution in [0.3, 0.4) is 0 Å². The molecule has 1 heterocycles. The minimum Gasteiger partial charge on any atom is -0.288 e. The van der Waals surface area contributed by atoms with E-state index in [0.717, 1.165) is 35.6 Å². The molecule has 0 atom stereocenters. The molecule has 0 aromatic heterocycles. The summed E-state index contributed by atoms with van der Waals surface area (Å²) < 4.78 is 0. The van der Waals surface area contributed by atoms with Crippen LogP contribution in [-0.2, 0) is 6.42 Å². The van der Waals surface area contributed by atoms with Gasteiger partial charge in [-0.3, -0.25) is 14.9 Å². The third-order valence-electron chi connectivity index (χ3n) is 3.63. The quantitative estimate of drug-likeness (QED) is 0.854. The lowest BCUT2D eigenvalue weighted by Gasteiger charge is -2.19. The van der Waals surface area contributed by atoms with Gasteiger partial charge in [-0.15, -0.1) is 0 Å². The Bertz CT molecular complexity index is 688. The van der Waals surface area contributed by atoms with E-state index in [9.17, 15) is 9.59 Å². The fourth-order valence-electron chi connectivity index (χ4n) is 2.68. The molecule has 0 saturated heterocycles. The van der Waals surface area contributed by atoms with Crippen LogP contribution in [0.2, 0.25) is 0 Å². The average molecular weight is 253 g/mol. The largest absolute Gasteiger partial charge is 0.288 e. The van der Waals surface area contributed by atoms with Crippen molar-refractivity contribution >= 4 is 22.6 Å². The molecule has 3 heteroatoms. The summed E-state index contributed by atoms with van der Waals surface area (Å²) in [5.41, 5.74) is 2.32. The van der Waals surface area contributed by atoms with E-state index in [-0.39, 0.29) is 11.8 Å². The lowest BCUT2D eigenvalue weighted by atomic mass is 9.90. The molecule has 96 valence electrons. The molecule has 1 N–H and O–H groups in total. The predicted octanol–water partition coefficient (Wildman–Crippen LogP) is 3.07. The van der Waals surface area contributed by atoms with Crippen molar-refractivity contribution in [3.63, 3.8) is 0 Å². The highest BCUT2D eigenvalue weighted by molar-refractivity contribution is 6.26. The molecule has 0 saturated carbocycles. The molecule has 2 aromatic rings. The molecular weight excluding hydrogens is 238 g/mol. The van der Waals surface area contributed by atoms with Gasteiger partial charge in [0.05, 0.1) is 5.56 Å². The Morgan fingerprint density at radius 3 is 2.68 bits per heavy atom. The van der Waals surface area contributed by atoms with Gasteiger partial charge in [0.1, 0.15) is 0 Å². The number of hydrogen-bond acceptors (Lipinski definition) is 2. The van der Waals surface area contributed by atoms with Crippen LogP contribution in [0.5, 0.6) is 0 Å². The van der Waals surface area contributed by atoms with Crippen molar-refractivity contribution in [2.45, 2.75) is 26.2 Å². The predicted molar refractivity (Wildman–Crippen MR) is 74.4 cm³/mol. The summed E-state index contributed by atoms with van der Waals surface area (Å²) in [5.74, 6) is -0.559. The van der Waals surface area contributed by atoms with E-state index in [4.69, 9.17) is 0 Å². The zero-order chi connectivity index (χ0) is 13.4. The second kappa shape index (κ2) is 4.50. The number of imide groups is 1. The van der Waals surface area contributed by atoms with Gasteiger partial charge >= 0.3 is 0 Å². The molecule has 0 bridgehead atoms. The Morgan fingerprint density at radius 1 is 1.05 bits per heavy atom. The molecule has 1 aliphatic heterocycles. The molecule has 3 rings (SSSR count). The van der Waals surface area contributed by atoms with Crippen LogP contribution in [0.15, 0.2) is 30.3 Å². The first-order valence-corrected chi connectivity index (χ1v) is 6.62. The van der Waals surface area contributed by atoms with E-state index in [1.807, 2.05) is 24.3 Å². The fourth-order valence-corrected chi connectivity index (χ4v) is 2.68. The average Bonchev–Trinajstić information content (AvgIpc) is 2.42. The van der Waals surface area contributed by atoms with Crippen LogP contribution in [0.1, 0.15) is 46.0 Å². The van der Waals surface area contributed by atoms with Crippen molar-refractivity contribution in [2.24, 2.45) is 0 Å². The first-order chi connectivity index (χ1) is 9.22. The summed E-state index contributed by atoms with van der Waals surface area (Å²) in [5, 5.41) is 4.20. The van der Waals surface area contributed by atoms with Crippen molar-refractivity contribution in [3.05, 3.63) is 47.0 Å². The molecule has 2 amide bonds. The Morgan fingerprint density at radius 2 is 1.89 bits per heavy atom. The van der Waals surface area contributed by atoms with Crippen LogP contribution in [-0.4, -0.2) is 11.8 Å². The van der Waals surface area contributed by atoms with E-state index in [1.54, 1.807) is 6.07 Å². The van der Waals surface area contributed by atoms with Crippen LogP contribution in [0.25, 0.3) is 10.8 Å². The highest BCUT2D eigenvalue weighted by Crippen LogP contribution is 2.29. The maximum Gasteiger partial charge on any atom is 0.259 e. The SMILES string of the molecule is CCCCc1ccc2cccc3c2c1C(=O)NC3=O. The Hall–Kier alpha value is -2.16. The molecule has 0 spiro atoms. The highest BCUT2D eigenvalue weighted by Gasteiger charge is 2.26. The smallest absolute Gasteiger partial charge is 0.259 e. The van der Waals surface area contributed by atoms with Gasteiger partial charge in [-0.1, -0.05) is 37.6 Å². The molecule has 3 nitrogen and oxygen atoms in total. The maximum absolute atomic E-state index is 12.1. The molecule has 19 heavy (non-hydrogen) atoms. The summed E-state index contributed by atoms with van der Waals surface area (Å²) in [4.78, 5) is 24.0. The lowest BCUT2D eigenvalue weighted by Crippen LogP contribution is -2.35. The summed E-state index contributed by atoms with van der Waals surface area (Å²) in [6.07, 6.45) is 3.00. The molecular formula is C16H15NO2. The zero-order valence-electron chi connectivity index (χ0n) is 10.8. The third-order valence-corrected chi connectivity index (χ3v) is 3.63. The molecule has 1 aliphatic rings. The Kier molecular flexibility index (Phi) is 2.82. The van der Waals surface area contributed by atoms with Crippen molar-refractivity contribution in [1.29, 1.82) is 0 Å². The van der Waals surface area contributed by atoms with Crippen molar-refractivity contribution in [2.75, 3.05) is 0 Å². The number of amides is 2. The topological polar surface area (TPSA) is 46.2 Å². The van der Waals surface area contributed by atoms with Gasteiger partial charge in [0, 0.05) is 10.9 Å². The lowest BCUT2D eigenvalue weighted by molar-refractivity contribution is 0.0844. The van der Waals surface area contributed by atoms with Gasteiger partial charge in [-0.2, -0.15) is 0 Å². The highest BCUT2D eigenvalue weighted by atomic mass is 16.2. The van der Waals surface area contributed by atoms with Crippen LogP contribution >= 0.6 is 0 Å². The maximum atomic E-state index is 12.1. The van der Waals surface area contributed by atoms with Gasteiger partial charge in [-0.05, 0) is 29.9 Å². The molecule has 0 aliphatic carbocycles. The van der Waals surface area contributed by atoms with E-state index in [1.165, 1.54) is 0 Å². The summed E-state index contributed by atoms with van der Waals surface area (Å²) in [6.45, 7) is 2.13. The first kappa shape index (κ1) is 11.9. The summed E-state index contributed by atoms with van der Waals surface area (Å²) in [7, 11) is 0. The Balaban J connectivity index is 2.31. The fraction of sp³-hybridized carbons (Fsp3) is 0.250. The van der Waals surface area contributed by atoms with Gasteiger partial charge < -0.3 is 0 Å². The molecule has 2 aromatic carbocycles. The minimum atomic E-state index is -0.296. The number of unbranched alkanes of at least 4 members (excludes halogenated alkanes) is 1. The number of hydrogen-bond donors (Lipinski definition) is 1. The summed E-state index contributed by atoms with van der Waals surface area (Å²) >= 11 is 0. The van der Waals surface area contributed by atoms with E-state index in [2.05, 4.69) is 12.2 Å². The van der Waals surface area contributed by atoms with Crippen LogP contribution < -0.4 is 5.32 Å². The van der Waals surface area contributed by atoms with Gasteiger partial charge in [0.15, 0.2) is 0 Å². The second-order valence-corrected chi connectivity index (χ2v) is 4.89. The first-order valence-electron chi connectivity index (χ1n) is 6.62. The van der Waals surface area contributed by atoms with E-state index in [0.29, 0.717) is 11.1 Å². The minimum absolute atomic E-state index is 0.264.